The molecule has 0 aliphatic carbocycles. The fourth-order valence-corrected chi connectivity index (χ4v) is 1.11. The van der Waals surface area contributed by atoms with Crippen molar-refractivity contribution in [3.05, 3.63) is 24.3 Å². The average Bonchev–Trinajstić information content (AvgIpc) is 2.26. The first-order valence-electron chi connectivity index (χ1n) is 5.55. The van der Waals surface area contributed by atoms with Gasteiger partial charge in [0, 0.05) is 6.42 Å². The van der Waals surface area contributed by atoms with Crippen molar-refractivity contribution in [1.82, 2.24) is 5.48 Å². The van der Waals surface area contributed by atoms with Crippen LogP contribution in [0.1, 0.15) is 45.4 Å². The van der Waals surface area contributed by atoms with Gasteiger partial charge >= 0.3 is 0 Å². The third kappa shape index (κ3) is 10.8. The molecule has 0 spiro atoms. The first-order valence-corrected chi connectivity index (χ1v) is 5.55. The van der Waals surface area contributed by atoms with Crippen LogP contribution in [-0.4, -0.2) is 11.1 Å². The highest BCUT2D eigenvalue weighted by Gasteiger charge is 1.95. The van der Waals surface area contributed by atoms with Crippen molar-refractivity contribution >= 4 is 5.91 Å². The average molecular weight is 211 g/mol. The SMILES string of the molecule is CCCC/C=C/C=C/CCCC(=O)NO. The third-order valence-electron chi connectivity index (χ3n) is 2.01. The Morgan fingerprint density at radius 1 is 1.20 bits per heavy atom. The molecule has 0 saturated carbocycles. The second kappa shape index (κ2) is 11.0. The smallest absolute Gasteiger partial charge is 0.243 e. The molecule has 0 aromatic carbocycles. The van der Waals surface area contributed by atoms with Crippen molar-refractivity contribution in [3.63, 3.8) is 0 Å². The summed E-state index contributed by atoms with van der Waals surface area (Å²) in [7, 11) is 0. The van der Waals surface area contributed by atoms with E-state index in [0.717, 1.165) is 19.3 Å². The molecular formula is C12H21NO2. The van der Waals surface area contributed by atoms with Gasteiger partial charge in [0.25, 0.3) is 0 Å². The lowest BCUT2D eigenvalue weighted by molar-refractivity contribution is -0.129. The number of hydrogen-bond donors (Lipinski definition) is 2. The zero-order chi connectivity index (χ0) is 11.4. The summed E-state index contributed by atoms with van der Waals surface area (Å²) in [6.45, 7) is 2.18. The van der Waals surface area contributed by atoms with E-state index in [1.807, 2.05) is 18.2 Å². The van der Waals surface area contributed by atoms with E-state index in [0.29, 0.717) is 6.42 Å². The number of rotatable bonds is 8. The number of allylic oxidation sites excluding steroid dienone is 4. The molecule has 2 N–H and O–H groups in total. The maximum Gasteiger partial charge on any atom is 0.243 e. The molecule has 0 heterocycles. The van der Waals surface area contributed by atoms with Crippen LogP contribution in [0, 0.1) is 0 Å². The molecule has 0 aromatic heterocycles. The fraction of sp³-hybridized carbons (Fsp3) is 0.583. The molecule has 0 unspecified atom stereocenters. The maximum absolute atomic E-state index is 10.6. The molecule has 0 bridgehead atoms. The maximum atomic E-state index is 10.6. The fourth-order valence-electron chi connectivity index (χ4n) is 1.11. The van der Waals surface area contributed by atoms with E-state index in [1.54, 1.807) is 5.48 Å². The summed E-state index contributed by atoms with van der Waals surface area (Å²) in [5.74, 6) is -0.318. The number of nitrogens with one attached hydrogen (secondary N) is 1. The summed E-state index contributed by atoms with van der Waals surface area (Å²) in [6, 6.07) is 0. The Bertz CT molecular complexity index is 210. The molecular weight excluding hydrogens is 190 g/mol. The predicted octanol–water partition coefficient (Wildman–Crippen LogP) is 2.96. The van der Waals surface area contributed by atoms with Crippen LogP contribution in [-0.2, 0) is 4.79 Å². The predicted molar refractivity (Wildman–Crippen MR) is 61.6 cm³/mol. The van der Waals surface area contributed by atoms with E-state index >= 15 is 0 Å². The quantitative estimate of drug-likeness (QED) is 0.281. The van der Waals surface area contributed by atoms with Crippen molar-refractivity contribution in [2.45, 2.75) is 45.4 Å². The van der Waals surface area contributed by atoms with Crippen molar-refractivity contribution in [2.24, 2.45) is 0 Å². The monoisotopic (exact) mass is 211 g/mol. The summed E-state index contributed by atoms with van der Waals surface area (Å²) in [6.07, 6.45) is 13.8. The Labute approximate surface area is 91.8 Å². The highest BCUT2D eigenvalue weighted by molar-refractivity contribution is 5.74. The van der Waals surface area contributed by atoms with Gasteiger partial charge in [0.05, 0.1) is 0 Å². The van der Waals surface area contributed by atoms with E-state index in [-0.39, 0.29) is 5.91 Å². The van der Waals surface area contributed by atoms with Crippen LogP contribution in [0.3, 0.4) is 0 Å². The Balaban J connectivity index is 3.31. The molecule has 15 heavy (non-hydrogen) atoms. The van der Waals surface area contributed by atoms with E-state index in [1.165, 1.54) is 12.8 Å². The minimum atomic E-state index is -0.318. The Kier molecular flexibility index (Phi) is 10.2. The highest BCUT2D eigenvalue weighted by atomic mass is 16.5. The second-order valence-electron chi connectivity index (χ2n) is 3.43. The normalized spacial score (nSPS) is 11.3. The van der Waals surface area contributed by atoms with Crippen LogP contribution < -0.4 is 5.48 Å². The summed E-state index contributed by atoms with van der Waals surface area (Å²) in [5, 5.41) is 8.23. The van der Waals surface area contributed by atoms with E-state index in [4.69, 9.17) is 5.21 Å². The van der Waals surface area contributed by atoms with Crippen LogP contribution >= 0.6 is 0 Å². The molecule has 0 saturated heterocycles. The molecule has 0 aromatic rings. The van der Waals surface area contributed by atoms with Crippen LogP contribution in [0.4, 0.5) is 0 Å². The molecule has 0 rings (SSSR count). The van der Waals surface area contributed by atoms with Crippen LogP contribution in [0.25, 0.3) is 0 Å². The lowest BCUT2D eigenvalue weighted by atomic mass is 10.2. The van der Waals surface area contributed by atoms with Gasteiger partial charge in [-0.2, -0.15) is 0 Å². The first-order chi connectivity index (χ1) is 7.31. The molecule has 3 nitrogen and oxygen atoms in total. The van der Waals surface area contributed by atoms with Gasteiger partial charge in [0.1, 0.15) is 0 Å². The van der Waals surface area contributed by atoms with Gasteiger partial charge in [-0.15, -0.1) is 0 Å². The second-order valence-corrected chi connectivity index (χ2v) is 3.43. The standard InChI is InChI=1S/C12H21NO2/c1-2-3-4-5-6-7-8-9-10-11-12(14)13-15/h5-8,15H,2-4,9-11H2,1H3,(H,13,14)/b6-5+,8-7+. The molecule has 0 radical (unpaired) electrons. The molecule has 0 atom stereocenters. The highest BCUT2D eigenvalue weighted by Crippen LogP contribution is 1.98. The number of carbonyl (C=O) groups is 1. The molecule has 86 valence electrons. The minimum Gasteiger partial charge on any atom is -0.289 e. The lowest BCUT2D eigenvalue weighted by Gasteiger charge is -1.94. The van der Waals surface area contributed by atoms with E-state index in [9.17, 15) is 4.79 Å². The van der Waals surface area contributed by atoms with Crippen molar-refractivity contribution in [3.8, 4) is 0 Å². The molecule has 0 aliphatic rings. The minimum absolute atomic E-state index is 0.318. The van der Waals surface area contributed by atoms with Gasteiger partial charge in [-0.3, -0.25) is 10.0 Å². The summed E-state index contributed by atoms with van der Waals surface area (Å²) >= 11 is 0. The van der Waals surface area contributed by atoms with Crippen molar-refractivity contribution in [2.75, 3.05) is 0 Å². The number of amides is 1. The van der Waals surface area contributed by atoms with Crippen LogP contribution in [0.15, 0.2) is 24.3 Å². The van der Waals surface area contributed by atoms with Gasteiger partial charge in [-0.25, -0.2) is 5.48 Å². The third-order valence-corrected chi connectivity index (χ3v) is 2.01. The van der Waals surface area contributed by atoms with Gasteiger partial charge in [0.15, 0.2) is 0 Å². The lowest BCUT2D eigenvalue weighted by Crippen LogP contribution is -2.17. The molecule has 1 amide bonds. The zero-order valence-electron chi connectivity index (χ0n) is 9.41. The van der Waals surface area contributed by atoms with Crippen molar-refractivity contribution < 1.29 is 10.0 Å². The Morgan fingerprint density at radius 3 is 2.33 bits per heavy atom. The molecule has 3 heteroatoms. The van der Waals surface area contributed by atoms with E-state index in [2.05, 4.69) is 13.0 Å². The summed E-state index contributed by atoms with van der Waals surface area (Å²) in [4.78, 5) is 10.6. The van der Waals surface area contributed by atoms with E-state index < -0.39 is 0 Å². The summed E-state index contributed by atoms with van der Waals surface area (Å²) in [5.41, 5.74) is 1.61. The number of unbranched alkanes of at least 4 members (excludes halogenated alkanes) is 3. The van der Waals surface area contributed by atoms with Gasteiger partial charge in [-0.1, -0.05) is 44.1 Å². The number of hydroxylamine groups is 1. The Morgan fingerprint density at radius 2 is 1.80 bits per heavy atom. The number of carbonyl (C=O) groups excluding carboxylic acids is 1. The summed E-state index contributed by atoms with van der Waals surface area (Å²) < 4.78 is 0. The molecule has 0 aliphatic heterocycles. The largest absolute Gasteiger partial charge is 0.289 e. The van der Waals surface area contributed by atoms with Crippen molar-refractivity contribution in [1.29, 1.82) is 0 Å². The van der Waals surface area contributed by atoms with Gasteiger partial charge in [0.2, 0.25) is 5.91 Å². The molecule has 0 fully saturated rings. The topological polar surface area (TPSA) is 49.3 Å². The van der Waals surface area contributed by atoms with Gasteiger partial charge < -0.3 is 0 Å². The van der Waals surface area contributed by atoms with Crippen LogP contribution in [0.5, 0.6) is 0 Å². The van der Waals surface area contributed by atoms with Crippen LogP contribution in [0.2, 0.25) is 0 Å². The first kappa shape index (κ1) is 13.9. The number of hydrogen-bond acceptors (Lipinski definition) is 2. The Hall–Kier alpha value is -1.09. The van der Waals surface area contributed by atoms with Gasteiger partial charge in [-0.05, 0) is 19.3 Å². The zero-order valence-corrected chi connectivity index (χ0v) is 9.41.